The molecule has 1 aliphatic rings. The molecule has 1 aromatic carbocycles. The van der Waals surface area contributed by atoms with E-state index in [1.807, 2.05) is 18.2 Å². The number of hydrogen-bond acceptors (Lipinski definition) is 3. The van der Waals surface area contributed by atoms with Gasteiger partial charge in [-0.15, -0.1) is 0 Å². The molecular formula is C19H30N2OS. The molecule has 1 amide bonds. The number of amides is 1. The minimum Gasteiger partial charge on any atom is -0.349 e. The number of thioether (sulfide) groups is 1. The first-order chi connectivity index (χ1) is 10.9. The van der Waals surface area contributed by atoms with E-state index in [-0.39, 0.29) is 17.4 Å². The van der Waals surface area contributed by atoms with Crippen LogP contribution in [-0.2, 0) is 4.79 Å². The highest BCUT2D eigenvalue weighted by molar-refractivity contribution is 7.99. The molecule has 3 unspecified atom stereocenters. The van der Waals surface area contributed by atoms with Crippen LogP contribution in [0.2, 0.25) is 0 Å². The molecule has 0 aliphatic carbocycles. The Morgan fingerprint density at radius 1 is 1.35 bits per heavy atom. The van der Waals surface area contributed by atoms with E-state index >= 15 is 0 Å². The van der Waals surface area contributed by atoms with Crippen molar-refractivity contribution in [3.05, 3.63) is 35.9 Å². The van der Waals surface area contributed by atoms with Crippen molar-refractivity contribution in [2.45, 2.75) is 57.4 Å². The maximum atomic E-state index is 12.6. The van der Waals surface area contributed by atoms with Gasteiger partial charge in [-0.25, -0.2) is 0 Å². The van der Waals surface area contributed by atoms with E-state index in [4.69, 9.17) is 0 Å². The van der Waals surface area contributed by atoms with Crippen LogP contribution in [0.25, 0.3) is 0 Å². The van der Waals surface area contributed by atoms with Crippen molar-refractivity contribution >= 4 is 17.7 Å². The normalized spacial score (nSPS) is 21.0. The molecule has 2 N–H and O–H groups in total. The smallest absolute Gasteiger partial charge is 0.221 e. The quantitative estimate of drug-likeness (QED) is 0.832. The summed E-state index contributed by atoms with van der Waals surface area (Å²) in [6.07, 6.45) is 5.09. The van der Waals surface area contributed by atoms with E-state index in [0.717, 1.165) is 6.54 Å². The van der Waals surface area contributed by atoms with Crippen LogP contribution in [0.5, 0.6) is 0 Å². The number of carbonyl (C=O) groups is 1. The lowest BCUT2D eigenvalue weighted by atomic mass is 9.82. The van der Waals surface area contributed by atoms with Crippen LogP contribution in [0.15, 0.2) is 30.3 Å². The van der Waals surface area contributed by atoms with Gasteiger partial charge in [-0.05, 0) is 36.6 Å². The van der Waals surface area contributed by atoms with E-state index in [0.29, 0.717) is 17.7 Å². The standard InChI is InChI=1S/C19H30N2OS/c1-19(2,3)18(14-9-6-5-7-10-14)21-17(22)13-16(23-4)15-11-8-12-20-15/h5-7,9-10,15-16,18,20H,8,11-13H2,1-4H3,(H,21,22). The van der Waals surface area contributed by atoms with Crippen LogP contribution in [0.1, 0.15) is 51.6 Å². The van der Waals surface area contributed by atoms with Gasteiger partial charge in [0, 0.05) is 17.7 Å². The van der Waals surface area contributed by atoms with Crippen LogP contribution in [0.3, 0.4) is 0 Å². The number of hydrogen-bond donors (Lipinski definition) is 2. The molecule has 23 heavy (non-hydrogen) atoms. The third-order valence-corrected chi connectivity index (χ3v) is 5.64. The molecule has 1 heterocycles. The SMILES string of the molecule is CSC(CC(=O)NC(c1ccccc1)C(C)(C)C)C1CCCN1. The molecule has 2 rings (SSSR count). The van der Waals surface area contributed by atoms with Gasteiger partial charge in [-0.1, -0.05) is 51.1 Å². The van der Waals surface area contributed by atoms with Crippen molar-refractivity contribution < 1.29 is 4.79 Å². The summed E-state index contributed by atoms with van der Waals surface area (Å²) in [5, 5.41) is 7.16. The Kier molecular flexibility index (Phi) is 6.54. The molecule has 3 nitrogen and oxygen atoms in total. The fraction of sp³-hybridized carbons (Fsp3) is 0.632. The molecular weight excluding hydrogens is 304 g/mol. The van der Waals surface area contributed by atoms with Crippen molar-refractivity contribution in [2.24, 2.45) is 5.41 Å². The van der Waals surface area contributed by atoms with E-state index in [1.165, 1.54) is 18.4 Å². The van der Waals surface area contributed by atoms with Gasteiger partial charge >= 0.3 is 0 Å². The van der Waals surface area contributed by atoms with Crippen molar-refractivity contribution in [1.82, 2.24) is 10.6 Å². The van der Waals surface area contributed by atoms with Crippen molar-refractivity contribution in [2.75, 3.05) is 12.8 Å². The van der Waals surface area contributed by atoms with Crippen molar-refractivity contribution in [3.63, 3.8) is 0 Å². The lowest BCUT2D eigenvalue weighted by Crippen LogP contribution is -2.41. The van der Waals surface area contributed by atoms with Gasteiger partial charge in [0.2, 0.25) is 5.91 Å². The average molecular weight is 335 g/mol. The predicted octanol–water partition coefficient (Wildman–Crippen LogP) is 3.76. The number of nitrogens with one attached hydrogen (secondary N) is 2. The number of rotatable bonds is 6. The highest BCUT2D eigenvalue weighted by Crippen LogP contribution is 2.33. The molecule has 128 valence electrons. The fourth-order valence-electron chi connectivity index (χ4n) is 3.27. The summed E-state index contributed by atoms with van der Waals surface area (Å²) in [6.45, 7) is 7.61. The van der Waals surface area contributed by atoms with Gasteiger partial charge in [0.15, 0.2) is 0 Å². The molecule has 0 saturated carbocycles. The Hall–Kier alpha value is -1.00. The van der Waals surface area contributed by atoms with Crippen LogP contribution in [0.4, 0.5) is 0 Å². The highest BCUT2D eigenvalue weighted by Gasteiger charge is 2.30. The first kappa shape index (κ1) is 18.3. The molecule has 3 atom stereocenters. The van der Waals surface area contributed by atoms with Gasteiger partial charge in [0.1, 0.15) is 0 Å². The van der Waals surface area contributed by atoms with Gasteiger partial charge in [-0.2, -0.15) is 11.8 Å². The van der Waals surface area contributed by atoms with E-state index in [2.05, 4.69) is 49.8 Å². The van der Waals surface area contributed by atoms with Gasteiger partial charge in [0.05, 0.1) is 6.04 Å². The van der Waals surface area contributed by atoms with E-state index in [9.17, 15) is 4.79 Å². The lowest BCUT2D eigenvalue weighted by molar-refractivity contribution is -0.122. The summed E-state index contributed by atoms with van der Waals surface area (Å²) < 4.78 is 0. The van der Waals surface area contributed by atoms with Crippen LogP contribution in [0, 0.1) is 5.41 Å². The average Bonchev–Trinajstić information content (AvgIpc) is 3.04. The zero-order valence-electron chi connectivity index (χ0n) is 14.8. The fourth-order valence-corrected chi connectivity index (χ4v) is 4.15. The molecule has 0 radical (unpaired) electrons. The van der Waals surface area contributed by atoms with Gasteiger partial charge < -0.3 is 10.6 Å². The summed E-state index contributed by atoms with van der Waals surface area (Å²) in [4.78, 5) is 12.6. The molecule has 0 spiro atoms. The maximum Gasteiger partial charge on any atom is 0.221 e. The summed E-state index contributed by atoms with van der Waals surface area (Å²) in [7, 11) is 0. The zero-order valence-corrected chi connectivity index (χ0v) is 15.6. The Morgan fingerprint density at radius 2 is 2.04 bits per heavy atom. The third-order valence-electron chi connectivity index (χ3n) is 4.54. The summed E-state index contributed by atoms with van der Waals surface area (Å²) >= 11 is 1.80. The second-order valence-electron chi connectivity index (χ2n) is 7.46. The lowest BCUT2D eigenvalue weighted by Gasteiger charge is -2.33. The Morgan fingerprint density at radius 3 is 2.57 bits per heavy atom. The predicted molar refractivity (Wildman–Crippen MR) is 99.7 cm³/mol. The van der Waals surface area contributed by atoms with Gasteiger partial charge in [0.25, 0.3) is 0 Å². The van der Waals surface area contributed by atoms with Crippen LogP contribution < -0.4 is 10.6 Å². The molecule has 1 fully saturated rings. The molecule has 0 bridgehead atoms. The summed E-state index contributed by atoms with van der Waals surface area (Å²) in [6, 6.07) is 10.8. The molecule has 4 heteroatoms. The first-order valence-corrected chi connectivity index (χ1v) is 9.81. The Bertz CT molecular complexity index is 492. The monoisotopic (exact) mass is 334 g/mol. The molecule has 1 saturated heterocycles. The zero-order chi connectivity index (χ0) is 16.9. The second-order valence-corrected chi connectivity index (χ2v) is 8.54. The van der Waals surface area contributed by atoms with E-state index in [1.54, 1.807) is 11.8 Å². The topological polar surface area (TPSA) is 41.1 Å². The molecule has 1 aromatic rings. The Balaban J connectivity index is 2.02. The van der Waals surface area contributed by atoms with E-state index < -0.39 is 0 Å². The minimum atomic E-state index is -0.0164. The van der Waals surface area contributed by atoms with Crippen LogP contribution in [-0.4, -0.2) is 30.0 Å². The highest BCUT2D eigenvalue weighted by atomic mass is 32.2. The maximum absolute atomic E-state index is 12.6. The Labute approximate surface area is 145 Å². The first-order valence-electron chi connectivity index (χ1n) is 8.52. The third kappa shape index (κ3) is 5.25. The van der Waals surface area contributed by atoms with Crippen LogP contribution >= 0.6 is 11.8 Å². The number of carbonyl (C=O) groups excluding carboxylic acids is 1. The minimum absolute atomic E-state index is 0.0164. The summed E-state index contributed by atoms with van der Waals surface area (Å²) in [5.74, 6) is 0.154. The van der Waals surface area contributed by atoms with Crippen molar-refractivity contribution in [3.8, 4) is 0 Å². The second kappa shape index (κ2) is 8.20. The number of benzene rings is 1. The summed E-state index contributed by atoms with van der Waals surface area (Å²) in [5.41, 5.74) is 1.16. The largest absolute Gasteiger partial charge is 0.349 e. The van der Waals surface area contributed by atoms with Crippen molar-refractivity contribution in [1.29, 1.82) is 0 Å². The molecule has 0 aromatic heterocycles. The molecule has 1 aliphatic heterocycles. The van der Waals surface area contributed by atoms with Gasteiger partial charge in [-0.3, -0.25) is 4.79 Å².